The third-order valence-corrected chi connectivity index (χ3v) is 4.27. The summed E-state index contributed by atoms with van der Waals surface area (Å²) in [4.78, 5) is 0.0177. The molecule has 0 unspecified atom stereocenters. The topological polar surface area (TPSA) is 70.0 Å². The third kappa shape index (κ3) is 3.58. The molecule has 0 heterocycles. The molecule has 0 spiro atoms. The molecule has 2 rings (SSSR count). The number of rotatable bonds is 4. The summed E-state index contributed by atoms with van der Waals surface area (Å²) >= 11 is 0. The van der Waals surface area contributed by atoms with Gasteiger partial charge in [-0.15, -0.1) is 0 Å². The van der Waals surface area contributed by atoms with Gasteiger partial charge in [-0.25, -0.2) is 12.8 Å². The van der Waals surface area contributed by atoms with Crippen LogP contribution in [0.2, 0.25) is 0 Å². The van der Waals surface area contributed by atoms with Gasteiger partial charge in [0.05, 0.1) is 23.1 Å². The first-order valence-electron chi connectivity index (χ1n) is 6.17. The fourth-order valence-corrected chi connectivity index (χ4v) is 2.85. The Morgan fingerprint density at radius 3 is 2.43 bits per heavy atom. The lowest BCUT2D eigenvalue weighted by atomic mass is 10.2. The van der Waals surface area contributed by atoms with Gasteiger partial charge in [0, 0.05) is 0 Å². The molecule has 0 aliphatic carbocycles. The van der Waals surface area contributed by atoms with Gasteiger partial charge in [-0.05, 0) is 42.3 Å². The summed E-state index contributed by atoms with van der Waals surface area (Å²) in [6.07, 6.45) is 0.209. The molecule has 2 aromatic rings. The second kappa shape index (κ2) is 5.94. The van der Waals surface area contributed by atoms with Gasteiger partial charge in [0.2, 0.25) is 0 Å². The van der Waals surface area contributed by atoms with Crippen molar-refractivity contribution in [1.29, 1.82) is 5.26 Å². The highest BCUT2D eigenvalue weighted by Crippen LogP contribution is 2.20. The monoisotopic (exact) mass is 304 g/mol. The highest BCUT2D eigenvalue weighted by molar-refractivity contribution is 7.92. The van der Waals surface area contributed by atoms with Gasteiger partial charge >= 0.3 is 0 Å². The molecular formula is C15H13FN2O2S. The van der Waals surface area contributed by atoms with E-state index in [4.69, 9.17) is 5.26 Å². The molecule has 2 aromatic carbocycles. The number of benzene rings is 2. The summed E-state index contributed by atoms with van der Waals surface area (Å²) in [7, 11) is -3.85. The number of halogens is 1. The van der Waals surface area contributed by atoms with E-state index in [1.807, 2.05) is 6.07 Å². The van der Waals surface area contributed by atoms with Gasteiger partial charge in [0.1, 0.15) is 5.82 Å². The van der Waals surface area contributed by atoms with E-state index in [1.165, 1.54) is 24.3 Å². The van der Waals surface area contributed by atoms with Crippen molar-refractivity contribution in [2.24, 2.45) is 0 Å². The van der Waals surface area contributed by atoms with E-state index >= 15 is 0 Å². The summed E-state index contributed by atoms with van der Waals surface area (Å²) in [6.45, 7) is 1.72. The average molecular weight is 304 g/mol. The van der Waals surface area contributed by atoms with Gasteiger partial charge < -0.3 is 0 Å². The first kappa shape index (κ1) is 15.0. The number of nitriles is 1. The molecule has 0 fully saturated rings. The smallest absolute Gasteiger partial charge is 0.261 e. The van der Waals surface area contributed by atoms with E-state index < -0.39 is 15.8 Å². The van der Waals surface area contributed by atoms with Crippen LogP contribution in [0.25, 0.3) is 0 Å². The molecule has 21 heavy (non-hydrogen) atoms. The molecule has 0 aromatic heterocycles. The second-order valence-corrected chi connectivity index (χ2v) is 6.25. The Bertz CT molecular complexity index is 793. The zero-order valence-corrected chi connectivity index (χ0v) is 12.1. The minimum Gasteiger partial charge on any atom is -0.277 e. The van der Waals surface area contributed by atoms with Crippen molar-refractivity contribution in [3.8, 4) is 6.07 Å². The Balaban J connectivity index is 2.27. The predicted molar refractivity (Wildman–Crippen MR) is 77.7 cm³/mol. The molecule has 0 aliphatic rings. The van der Waals surface area contributed by atoms with Gasteiger partial charge in [-0.2, -0.15) is 5.26 Å². The second-order valence-electron chi connectivity index (χ2n) is 4.57. The van der Waals surface area contributed by atoms with Gasteiger partial charge in [0.15, 0.2) is 0 Å². The number of hydrogen-bond donors (Lipinski definition) is 1. The summed E-state index contributed by atoms with van der Waals surface area (Å²) in [5.74, 6) is -0.625. The summed E-state index contributed by atoms with van der Waals surface area (Å²) in [6, 6.07) is 12.1. The Hall–Kier alpha value is -2.39. The van der Waals surface area contributed by atoms with Crippen molar-refractivity contribution in [3.05, 3.63) is 59.4 Å². The molecule has 0 radical (unpaired) electrons. The van der Waals surface area contributed by atoms with Crippen LogP contribution in [0.1, 0.15) is 11.1 Å². The highest BCUT2D eigenvalue weighted by Gasteiger charge is 2.16. The SMILES string of the molecule is Cc1ccc(NS(=O)(=O)c2ccc(CC#N)cc2)c(F)c1. The summed E-state index contributed by atoms with van der Waals surface area (Å²) in [5.41, 5.74) is 1.33. The summed E-state index contributed by atoms with van der Waals surface area (Å²) in [5, 5.41) is 8.57. The normalized spacial score (nSPS) is 10.9. The molecule has 0 bridgehead atoms. The minimum absolute atomic E-state index is 0.0177. The number of aryl methyl sites for hydroxylation is 1. The number of sulfonamides is 1. The van der Waals surface area contributed by atoms with Crippen LogP contribution in [0.15, 0.2) is 47.4 Å². The van der Waals surface area contributed by atoms with E-state index in [2.05, 4.69) is 4.72 Å². The number of nitrogens with one attached hydrogen (secondary N) is 1. The van der Waals surface area contributed by atoms with Crippen LogP contribution in [-0.4, -0.2) is 8.42 Å². The lowest BCUT2D eigenvalue weighted by Gasteiger charge is -2.09. The van der Waals surface area contributed by atoms with Crippen molar-refractivity contribution in [3.63, 3.8) is 0 Å². The predicted octanol–water partition coefficient (Wildman–Crippen LogP) is 3.00. The highest BCUT2D eigenvalue weighted by atomic mass is 32.2. The van der Waals surface area contributed by atoms with Crippen LogP contribution >= 0.6 is 0 Å². The van der Waals surface area contributed by atoms with Crippen LogP contribution in [0, 0.1) is 24.1 Å². The Morgan fingerprint density at radius 2 is 1.86 bits per heavy atom. The van der Waals surface area contributed by atoms with Crippen LogP contribution in [0.5, 0.6) is 0 Å². The third-order valence-electron chi connectivity index (χ3n) is 2.89. The van der Waals surface area contributed by atoms with Crippen molar-refractivity contribution in [2.75, 3.05) is 4.72 Å². The van der Waals surface area contributed by atoms with Gasteiger partial charge in [0.25, 0.3) is 10.0 Å². The molecule has 6 heteroatoms. The van der Waals surface area contributed by atoms with Crippen molar-refractivity contribution >= 4 is 15.7 Å². The molecule has 0 atom stereocenters. The molecule has 108 valence electrons. The fraction of sp³-hybridized carbons (Fsp3) is 0.133. The van der Waals surface area contributed by atoms with Gasteiger partial charge in [-0.3, -0.25) is 4.72 Å². The number of hydrogen-bond acceptors (Lipinski definition) is 3. The van der Waals surface area contributed by atoms with Crippen molar-refractivity contribution in [1.82, 2.24) is 0 Å². The van der Waals surface area contributed by atoms with E-state index in [0.29, 0.717) is 5.56 Å². The molecule has 0 saturated heterocycles. The molecule has 4 nitrogen and oxygen atoms in total. The van der Waals surface area contributed by atoms with E-state index in [1.54, 1.807) is 25.1 Å². The standard InChI is InChI=1S/C15H13FN2O2S/c1-11-2-7-15(14(16)10-11)18-21(19,20)13-5-3-12(4-6-13)8-9-17/h2-7,10,18H,8H2,1H3. The molecule has 0 saturated carbocycles. The van der Waals surface area contributed by atoms with Crippen LogP contribution in [0.4, 0.5) is 10.1 Å². The van der Waals surface area contributed by atoms with Gasteiger partial charge in [-0.1, -0.05) is 18.2 Å². The molecule has 1 N–H and O–H groups in total. The van der Waals surface area contributed by atoms with Crippen LogP contribution < -0.4 is 4.72 Å². The average Bonchev–Trinajstić information content (AvgIpc) is 2.43. The lowest BCUT2D eigenvalue weighted by molar-refractivity contribution is 0.598. The molecular weight excluding hydrogens is 291 g/mol. The maximum atomic E-state index is 13.7. The fourth-order valence-electron chi connectivity index (χ4n) is 1.78. The van der Waals surface area contributed by atoms with E-state index in [0.717, 1.165) is 5.56 Å². The zero-order valence-electron chi connectivity index (χ0n) is 11.3. The van der Waals surface area contributed by atoms with E-state index in [9.17, 15) is 12.8 Å². The molecule has 0 aliphatic heterocycles. The van der Waals surface area contributed by atoms with E-state index in [-0.39, 0.29) is 17.0 Å². The maximum Gasteiger partial charge on any atom is 0.261 e. The first-order valence-corrected chi connectivity index (χ1v) is 7.65. The number of nitrogens with zero attached hydrogens (tertiary/aromatic N) is 1. The van der Waals surface area contributed by atoms with Crippen LogP contribution in [-0.2, 0) is 16.4 Å². The maximum absolute atomic E-state index is 13.7. The van der Waals surface area contributed by atoms with Crippen molar-refractivity contribution < 1.29 is 12.8 Å². The Kier molecular flexibility index (Phi) is 4.24. The first-order chi connectivity index (χ1) is 9.92. The zero-order chi connectivity index (χ0) is 15.5. The minimum atomic E-state index is -3.85. The number of anilines is 1. The Morgan fingerprint density at radius 1 is 1.19 bits per heavy atom. The quantitative estimate of drug-likeness (QED) is 0.944. The molecule has 0 amide bonds. The largest absolute Gasteiger partial charge is 0.277 e. The summed E-state index contributed by atoms with van der Waals surface area (Å²) < 4.78 is 40.2. The van der Waals surface area contributed by atoms with Crippen molar-refractivity contribution in [2.45, 2.75) is 18.2 Å². The Labute approximate surface area is 122 Å². The van der Waals surface area contributed by atoms with Crippen LogP contribution in [0.3, 0.4) is 0 Å². The lowest BCUT2D eigenvalue weighted by Crippen LogP contribution is -2.14.